The van der Waals surface area contributed by atoms with Crippen molar-refractivity contribution < 1.29 is 19.1 Å². The van der Waals surface area contributed by atoms with Crippen molar-refractivity contribution in [3.05, 3.63) is 80.7 Å². The Morgan fingerprint density at radius 1 is 0.615 bits per heavy atom. The van der Waals surface area contributed by atoms with Gasteiger partial charge in [-0.25, -0.2) is 0 Å². The fourth-order valence-electron chi connectivity index (χ4n) is 2.15. The lowest BCUT2D eigenvalue weighted by Gasteiger charge is -2.13. The monoisotopic (exact) mass is 474 g/mol. The van der Waals surface area contributed by atoms with Crippen LogP contribution in [0.2, 0.25) is 0 Å². The Kier molecular flexibility index (Phi) is 5.85. The summed E-state index contributed by atoms with van der Waals surface area (Å²) >= 11 is 6.95. The van der Waals surface area contributed by atoms with Gasteiger partial charge in [0.2, 0.25) is 0 Å². The molecule has 4 nitrogen and oxygen atoms in total. The van der Waals surface area contributed by atoms with Gasteiger partial charge in [0, 0.05) is 11.1 Å². The van der Waals surface area contributed by atoms with Crippen LogP contribution in [0.3, 0.4) is 0 Å². The van der Waals surface area contributed by atoms with E-state index in [0.29, 0.717) is 43.1 Å². The predicted octanol–water partition coefficient (Wildman–Crippen LogP) is 6.42. The van der Waals surface area contributed by atoms with Crippen LogP contribution in [-0.4, -0.2) is 12.6 Å². The van der Waals surface area contributed by atoms with Crippen LogP contribution in [0.15, 0.2) is 69.6 Å². The quantitative estimate of drug-likeness (QED) is 0.386. The molecular formula is C20H12Br2O4. The third kappa shape index (κ3) is 4.39. The highest BCUT2D eigenvalue weighted by molar-refractivity contribution is 9.11. The molecule has 0 spiro atoms. The largest absolute Gasteiger partial charge is 0.456 e. The van der Waals surface area contributed by atoms with Crippen molar-refractivity contribution in [2.24, 2.45) is 0 Å². The number of carbonyl (C=O) groups excluding carboxylic acids is 2. The highest BCUT2D eigenvalue weighted by Gasteiger charge is 2.11. The summed E-state index contributed by atoms with van der Waals surface area (Å²) in [5, 5.41) is 0. The zero-order chi connectivity index (χ0) is 18.5. The first kappa shape index (κ1) is 18.4. The molecule has 0 atom stereocenters. The molecule has 3 aromatic carbocycles. The molecule has 0 aliphatic heterocycles. The summed E-state index contributed by atoms with van der Waals surface area (Å²) in [6.45, 7) is 0. The van der Waals surface area contributed by atoms with Crippen LogP contribution in [-0.2, 0) is 0 Å². The Hall–Kier alpha value is -2.44. The van der Waals surface area contributed by atoms with E-state index < -0.39 is 0 Å². The molecule has 0 heterocycles. The number of hydrogen-bond donors (Lipinski definition) is 0. The molecule has 0 aliphatic carbocycles. The Bertz CT molecular complexity index is 856. The number of halogens is 2. The van der Waals surface area contributed by atoms with Crippen LogP contribution in [0.25, 0.3) is 0 Å². The Morgan fingerprint density at radius 2 is 0.962 bits per heavy atom. The van der Waals surface area contributed by atoms with Gasteiger partial charge in [-0.1, -0.05) is 0 Å². The average Bonchev–Trinajstić information content (AvgIpc) is 2.67. The van der Waals surface area contributed by atoms with Crippen molar-refractivity contribution >= 4 is 44.4 Å². The van der Waals surface area contributed by atoms with Gasteiger partial charge in [0.05, 0.1) is 8.95 Å². The number of carbonyl (C=O) groups is 2. The molecule has 0 N–H and O–H groups in total. The van der Waals surface area contributed by atoms with Gasteiger partial charge in [0.1, 0.15) is 35.6 Å². The van der Waals surface area contributed by atoms with Gasteiger partial charge < -0.3 is 9.47 Å². The third-order valence-corrected chi connectivity index (χ3v) is 4.71. The molecule has 0 unspecified atom stereocenters. The lowest BCUT2D eigenvalue weighted by Crippen LogP contribution is -1.90. The van der Waals surface area contributed by atoms with E-state index in [0.717, 1.165) is 12.6 Å². The van der Waals surface area contributed by atoms with Gasteiger partial charge in [-0.15, -0.1) is 0 Å². The lowest BCUT2D eigenvalue weighted by molar-refractivity contribution is 0.111. The van der Waals surface area contributed by atoms with E-state index in [1.807, 2.05) is 0 Å². The normalized spacial score (nSPS) is 10.2. The van der Waals surface area contributed by atoms with E-state index >= 15 is 0 Å². The molecule has 0 fully saturated rings. The Labute approximate surface area is 167 Å². The second kappa shape index (κ2) is 8.29. The zero-order valence-corrected chi connectivity index (χ0v) is 16.5. The molecule has 26 heavy (non-hydrogen) atoms. The maximum atomic E-state index is 10.7. The van der Waals surface area contributed by atoms with E-state index in [1.165, 1.54) is 0 Å². The molecule has 130 valence electrons. The minimum Gasteiger partial charge on any atom is -0.456 e. The van der Waals surface area contributed by atoms with Crippen LogP contribution in [0.5, 0.6) is 23.0 Å². The molecule has 0 radical (unpaired) electrons. The molecular weight excluding hydrogens is 464 g/mol. The van der Waals surface area contributed by atoms with Crippen LogP contribution in [0, 0.1) is 0 Å². The van der Waals surface area contributed by atoms with Crippen molar-refractivity contribution in [1.82, 2.24) is 0 Å². The molecule has 0 saturated carbocycles. The summed E-state index contributed by atoms with van der Waals surface area (Å²) in [5.41, 5.74) is 1.17. The first-order chi connectivity index (χ1) is 12.6. The minimum absolute atomic E-state index is 0.585. The molecule has 0 aromatic heterocycles. The molecule has 3 aromatic rings. The van der Waals surface area contributed by atoms with Crippen LogP contribution < -0.4 is 9.47 Å². The summed E-state index contributed by atoms with van der Waals surface area (Å²) in [6.07, 6.45) is 1.56. The molecule has 0 aliphatic rings. The first-order valence-electron chi connectivity index (χ1n) is 7.54. The van der Waals surface area contributed by atoms with Gasteiger partial charge in [-0.05, 0) is 92.5 Å². The van der Waals surface area contributed by atoms with Gasteiger partial charge in [-0.3, -0.25) is 9.59 Å². The summed E-state index contributed by atoms with van der Waals surface area (Å²) in [6, 6.07) is 17.2. The summed E-state index contributed by atoms with van der Waals surface area (Å²) < 4.78 is 13.1. The van der Waals surface area contributed by atoms with Gasteiger partial charge in [0.15, 0.2) is 0 Å². The number of ether oxygens (including phenoxy) is 2. The van der Waals surface area contributed by atoms with Crippen molar-refractivity contribution in [1.29, 1.82) is 0 Å². The average molecular weight is 476 g/mol. The fourth-order valence-corrected chi connectivity index (χ4v) is 2.96. The number of rotatable bonds is 6. The Balaban J connectivity index is 1.80. The summed E-state index contributed by atoms with van der Waals surface area (Å²) in [4.78, 5) is 21.4. The van der Waals surface area contributed by atoms with E-state index in [-0.39, 0.29) is 0 Å². The lowest BCUT2D eigenvalue weighted by atomic mass is 10.2. The van der Waals surface area contributed by atoms with Crippen LogP contribution >= 0.6 is 31.9 Å². The SMILES string of the molecule is O=Cc1ccc(Oc2cc(Br)c(Oc3ccc(C=O)cc3)cc2Br)cc1. The molecule has 0 saturated heterocycles. The highest BCUT2D eigenvalue weighted by atomic mass is 79.9. The zero-order valence-electron chi connectivity index (χ0n) is 13.3. The smallest absolute Gasteiger partial charge is 0.150 e. The second-order valence-corrected chi connectivity index (χ2v) is 7.00. The maximum Gasteiger partial charge on any atom is 0.150 e. The maximum absolute atomic E-state index is 10.7. The van der Waals surface area contributed by atoms with E-state index in [9.17, 15) is 9.59 Å². The molecule has 0 bridgehead atoms. The fraction of sp³-hybridized carbons (Fsp3) is 0. The molecule has 3 rings (SSSR count). The van der Waals surface area contributed by atoms with E-state index in [2.05, 4.69) is 31.9 Å². The standard InChI is InChI=1S/C20H12Br2O4/c21-17-10-20(26-16-7-3-14(12-24)4-8-16)18(22)9-19(17)25-15-5-1-13(11-23)2-6-15/h1-12H. The van der Waals surface area contributed by atoms with Gasteiger partial charge >= 0.3 is 0 Å². The molecule has 0 amide bonds. The van der Waals surface area contributed by atoms with Crippen molar-refractivity contribution in [2.45, 2.75) is 0 Å². The molecule has 6 heteroatoms. The topological polar surface area (TPSA) is 52.6 Å². The van der Waals surface area contributed by atoms with Crippen molar-refractivity contribution in [3.63, 3.8) is 0 Å². The van der Waals surface area contributed by atoms with E-state index in [4.69, 9.17) is 9.47 Å². The van der Waals surface area contributed by atoms with Crippen molar-refractivity contribution in [2.75, 3.05) is 0 Å². The van der Waals surface area contributed by atoms with Gasteiger partial charge in [-0.2, -0.15) is 0 Å². The number of aldehydes is 2. The van der Waals surface area contributed by atoms with Crippen LogP contribution in [0.1, 0.15) is 20.7 Å². The number of benzene rings is 3. The Morgan fingerprint density at radius 3 is 1.27 bits per heavy atom. The minimum atomic E-state index is 0.585. The van der Waals surface area contributed by atoms with E-state index in [1.54, 1.807) is 60.7 Å². The summed E-state index contributed by atoms with van der Waals surface area (Å²) in [5.74, 6) is 2.42. The third-order valence-electron chi connectivity index (χ3n) is 3.47. The summed E-state index contributed by atoms with van der Waals surface area (Å²) in [7, 11) is 0. The van der Waals surface area contributed by atoms with Crippen LogP contribution in [0.4, 0.5) is 0 Å². The van der Waals surface area contributed by atoms with Gasteiger partial charge in [0.25, 0.3) is 0 Å². The van der Waals surface area contributed by atoms with Crippen molar-refractivity contribution in [3.8, 4) is 23.0 Å². The second-order valence-electron chi connectivity index (χ2n) is 5.29. The highest BCUT2D eigenvalue weighted by Crippen LogP contribution is 2.40. The predicted molar refractivity (Wildman–Crippen MR) is 106 cm³/mol. The first-order valence-corrected chi connectivity index (χ1v) is 9.13. The number of hydrogen-bond acceptors (Lipinski definition) is 4.